The van der Waals surface area contributed by atoms with E-state index in [9.17, 15) is 17.2 Å². The van der Waals surface area contributed by atoms with Crippen molar-refractivity contribution in [2.75, 3.05) is 0 Å². The molecule has 0 saturated carbocycles. The third-order valence-electron chi connectivity index (χ3n) is 2.88. The molecule has 3 nitrogen and oxygen atoms in total. The van der Waals surface area contributed by atoms with E-state index in [1.165, 1.54) is 12.1 Å². The van der Waals surface area contributed by atoms with Crippen molar-refractivity contribution in [3.05, 3.63) is 59.7 Å². The average Bonchev–Trinajstić information content (AvgIpc) is 2.37. The lowest BCUT2D eigenvalue weighted by molar-refractivity contribution is 0.482. The van der Waals surface area contributed by atoms with E-state index in [0.717, 1.165) is 5.56 Å². The standard InChI is InChI=1S/C15H14F2O3S/c1-10(2)11-3-5-14(6-4-11)20-21(18,19)15-8-12(16)7-13(17)9-15/h3-10H,1-2H3. The Hall–Kier alpha value is -1.95. The van der Waals surface area contributed by atoms with Crippen LogP contribution in [0.2, 0.25) is 0 Å². The molecule has 0 atom stereocenters. The highest BCUT2D eigenvalue weighted by Crippen LogP contribution is 2.23. The molecule has 0 fully saturated rings. The largest absolute Gasteiger partial charge is 0.379 e. The van der Waals surface area contributed by atoms with E-state index >= 15 is 0 Å². The monoisotopic (exact) mass is 312 g/mol. The van der Waals surface area contributed by atoms with Crippen LogP contribution in [0.15, 0.2) is 47.4 Å². The number of benzene rings is 2. The molecule has 0 aliphatic rings. The summed E-state index contributed by atoms with van der Waals surface area (Å²) in [4.78, 5) is -0.562. The third-order valence-corrected chi connectivity index (χ3v) is 4.10. The number of hydrogen-bond donors (Lipinski definition) is 0. The van der Waals surface area contributed by atoms with Gasteiger partial charge in [-0.25, -0.2) is 8.78 Å². The molecule has 0 unspecified atom stereocenters. The topological polar surface area (TPSA) is 43.4 Å². The third kappa shape index (κ3) is 3.78. The van der Waals surface area contributed by atoms with Crippen LogP contribution in [0.25, 0.3) is 0 Å². The Balaban J connectivity index is 2.28. The second-order valence-electron chi connectivity index (χ2n) is 4.87. The van der Waals surface area contributed by atoms with Gasteiger partial charge in [0.1, 0.15) is 22.3 Å². The van der Waals surface area contributed by atoms with Gasteiger partial charge in [-0.1, -0.05) is 26.0 Å². The maximum atomic E-state index is 13.1. The molecular formula is C15H14F2O3S. The van der Waals surface area contributed by atoms with Crippen LogP contribution >= 0.6 is 0 Å². The number of hydrogen-bond acceptors (Lipinski definition) is 3. The molecule has 0 radical (unpaired) electrons. The fraction of sp³-hybridized carbons (Fsp3) is 0.200. The van der Waals surface area contributed by atoms with Gasteiger partial charge in [-0.15, -0.1) is 0 Å². The molecular weight excluding hydrogens is 298 g/mol. The highest BCUT2D eigenvalue weighted by molar-refractivity contribution is 7.87. The van der Waals surface area contributed by atoms with E-state index in [1.807, 2.05) is 13.8 Å². The van der Waals surface area contributed by atoms with E-state index in [4.69, 9.17) is 4.18 Å². The first kappa shape index (κ1) is 15.4. The van der Waals surface area contributed by atoms with E-state index in [0.29, 0.717) is 24.1 Å². The highest BCUT2D eigenvalue weighted by atomic mass is 32.2. The minimum Gasteiger partial charge on any atom is -0.379 e. The van der Waals surface area contributed by atoms with E-state index in [1.54, 1.807) is 12.1 Å². The summed E-state index contributed by atoms with van der Waals surface area (Å²) in [6, 6.07) is 8.49. The summed E-state index contributed by atoms with van der Waals surface area (Å²) < 4.78 is 55.0. The molecule has 21 heavy (non-hydrogen) atoms. The molecule has 0 heterocycles. The van der Waals surface area contributed by atoms with Crippen molar-refractivity contribution in [2.24, 2.45) is 0 Å². The van der Waals surface area contributed by atoms with E-state index in [-0.39, 0.29) is 5.75 Å². The fourth-order valence-electron chi connectivity index (χ4n) is 1.76. The molecule has 0 N–H and O–H groups in total. The minimum absolute atomic E-state index is 0.0871. The second-order valence-corrected chi connectivity index (χ2v) is 6.41. The Bertz CT molecular complexity index is 718. The van der Waals surface area contributed by atoms with Crippen LogP contribution in [-0.4, -0.2) is 8.42 Å². The lowest BCUT2D eigenvalue weighted by Crippen LogP contribution is -2.10. The van der Waals surface area contributed by atoms with E-state index in [2.05, 4.69) is 0 Å². The summed E-state index contributed by atoms with van der Waals surface area (Å²) in [6.45, 7) is 4.00. The van der Waals surface area contributed by atoms with Crippen LogP contribution in [-0.2, 0) is 10.1 Å². The van der Waals surface area contributed by atoms with Crippen LogP contribution in [0.5, 0.6) is 5.75 Å². The molecule has 0 spiro atoms. The van der Waals surface area contributed by atoms with Crippen molar-refractivity contribution >= 4 is 10.1 Å². The predicted molar refractivity (Wildman–Crippen MR) is 74.7 cm³/mol. The molecule has 0 saturated heterocycles. The summed E-state index contributed by atoms with van der Waals surface area (Å²) >= 11 is 0. The first-order valence-corrected chi connectivity index (χ1v) is 7.69. The second kappa shape index (κ2) is 5.81. The normalized spacial score (nSPS) is 11.7. The smallest absolute Gasteiger partial charge is 0.339 e. The fourth-order valence-corrected chi connectivity index (χ4v) is 2.73. The van der Waals surface area contributed by atoms with E-state index < -0.39 is 26.6 Å². The summed E-state index contributed by atoms with van der Waals surface area (Å²) in [7, 11) is -4.27. The van der Waals surface area contributed by atoms with Gasteiger partial charge in [-0.05, 0) is 35.7 Å². The van der Waals surface area contributed by atoms with Crippen LogP contribution in [0, 0.1) is 11.6 Å². The Kier molecular flexibility index (Phi) is 4.27. The number of halogens is 2. The lowest BCUT2D eigenvalue weighted by Gasteiger charge is -2.09. The Morgan fingerprint density at radius 1 is 0.952 bits per heavy atom. The van der Waals surface area contributed by atoms with Crippen molar-refractivity contribution in [2.45, 2.75) is 24.7 Å². The van der Waals surface area contributed by atoms with Crippen molar-refractivity contribution in [1.82, 2.24) is 0 Å². The van der Waals surface area contributed by atoms with Gasteiger partial charge >= 0.3 is 10.1 Å². The molecule has 0 aromatic heterocycles. The van der Waals surface area contributed by atoms with Crippen molar-refractivity contribution < 1.29 is 21.4 Å². The molecule has 112 valence electrons. The Morgan fingerprint density at radius 3 is 1.95 bits per heavy atom. The van der Waals surface area contributed by atoms with Crippen LogP contribution in [0.1, 0.15) is 25.3 Å². The van der Waals surface area contributed by atoms with Gasteiger partial charge in [0.25, 0.3) is 0 Å². The minimum atomic E-state index is -4.27. The summed E-state index contributed by atoms with van der Waals surface area (Å²) in [6.07, 6.45) is 0. The first-order chi connectivity index (χ1) is 9.78. The van der Waals surface area contributed by atoms with Crippen molar-refractivity contribution in [1.29, 1.82) is 0 Å². The molecule has 0 bridgehead atoms. The van der Waals surface area contributed by atoms with Crippen LogP contribution < -0.4 is 4.18 Å². The molecule has 6 heteroatoms. The predicted octanol–water partition coefficient (Wildman–Crippen LogP) is 3.86. The molecule has 0 aliphatic heterocycles. The van der Waals surface area contributed by atoms with Gasteiger partial charge in [0.2, 0.25) is 0 Å². The van der Waals surface area contributed by atoms with Gasteiger partial charge in [-0.3, -0.25) is 0 Å². The lowest BCUT2D eigenvalue weighted by atomic mass is 10.0. The summed E-state index contributed by atoms with van der Waals surface area (Å²) in [5, 5.41) is 0. The summed E-state index contributed by atoms with van der Waals surface area (Å²) in [5.74, 6) is -1.57. The Labute approximate surface area is 122 Å². The maximum absolute atomic E-state index is 13.1. The Morgan fingerprint density at radius 2 is 1.48 bits per heavy atom. The zero-order valence-corrected chi connectivity index (χ0v) is 12.3. The molecule has 2 aromatic rings. The zero-order valence-electron chi connectivity index (χ0n) is 11.5. The zero-order chi connectivity index (χ0) is 15.6. The number of rotatable bonds is 4. The van der Waals surface area contributed by atoms with Crippen LogP contribution in [0.3, 0.4) is 0 Å². The SMILES string of the molecule is CC(C)c1ccc(OS(=O)(=O)c2cc(F)cc(F)c2)cc1. The van der Waals surface area contributed by atoms with Crippen molar-refractivity contribution in [3.8, 4) is 5.75 Å². The quantitative estimate of drug-likeness (QED) is 0.805. The van der Waals surface area contributed by atoms with Gasteiger partial charge in [0, 0.05) is 6.07 Å². The van der Waals surface area contributed by atoms with Crippen molar-refractivity contribution in [3.63, 3.8) is 0 Å². The van der Waals surface area contributed by atoms with Gasteiger partial charge in [-0.2, -0.15) is 8.42 Å². The molecule has 0 aliphatic carbocycles. The average molecular weight is 312 g/mol. The molecule has 0 amide bonds. The van der Waals surface area contributed by atoms with Gasteiger partial charge in [0.15, 0.2) is 0 Å². The van der Waals surface area contributed by atoms with Gasteiger partial charge < -0.3 is 4.18 Å². The molecule has 2 rings (SSSR count). The van der Waals surface area contributed by atoms with Gasteiger partial charge in [0.05, 0.1) is 0 Å². The first-order valence-electron chi connectivity index (χ1n) is 6.28. The highest BCUT2D eigenvalue weighted by Gasteiger charge is 2.19. The maximum Gasteiger partial charge on any atom is 0.339 e. The molecule has 2 aromatic carbocycles. The van der Waals surface area contributed by atoms with Crippen LogP contribution in [0.4, 0.5) is 8.78 Å². The summed E-state index contributed by atoms with van der Waals surface area (Å²) in [5.41, 5.74) is 1.02.